The number of methoxy groups -OCH3 is 2. The molecule has 0 saturated carbocycles. The van der Waals surface area contributed by atoms with E-state index in [4.69, 9.17) is 9.47 Å². The van der Waals surface area contributed by atoms with E-state index in [1.54, 1.807) is 14.2 Å². The van der Waals surface area contributed by atoms with Gasteiger partial charge in [-0.2, -0.15) is 0 Å². The molecule has 0 amide bonds. The first kappa shape index (κ1) is 18.0. The summed E-state index contributed by atoms with van der Waals surface area (Å²) in [7, 11) is 2.22. The zero-order valence-corrected chi connectivity index (χ0v) is 15.5. The van der Waals surface area contributed by atoms with Crippen LogP contribution in [-0.2, 0) is 17.4 Å². The van der Waals surface area contributed by atoms with Crippen LogP contribution >= 0.6 is 0 Å². The van der Waals surface area contributed by atoms with Crippen LogP contribution in [0, 0.1) is 0 Å². The molecule has 0 aliphatic carbocycles. The summed E-state index contributed by atoms with van der Waals surface area (Å²) in [6, 6.07) is 4.12. The Hall–Kier alpha value is -1.33. The maximum absolute atomic E-state index is 12.9. The van der Waals surface area contributed by atoms with Gasteiger partial charge in [-0.05, 0) is 56.9 Å². The molecule has 5 heteroatoms. The molecule has 1 aromatic carbocycles. The van der Waals surface area contributed by atoms with Gasteiger partial charge in [0.15, 0.2) is 11.5 Å². The zero-order valence-electron chi connectivity index (χ0n) is 14.7. The van der Waals surface area contributed by atoms with E-state index in [0.29, 0.717) is 5.75 Å². The Bertz CT molecular complexity index is 607. The van der Waals surface area contributed by atoms with Gasteiger partial charge in [-0.25, -0.2) is 8.51 Å². The summed E-state index contributed by atoms with van der Waals surface area (Å²) in [4.78, 5) is 0. The largest absolute Gasteiger partial charge is 0.493 e. The van der Waals surface area contributed by atoms with Crippen molar-refractivity contribution in [2.45, 2.75) is 44.4 Å². The molecule has 0 N–H and O–H groups in total. The Kier molecular flexibility index (Phi) is 5.53. The molecule has 0 bridgehead atoms. The lowest BCUT2D eigenvalue weighted by atomic mass is 9.92. The maximum atomic E-state index is 12.9. The normalized spacial score (nSPS) is 19.8. The molecule has 4 nitrogen and oxygen atoms in total. The predicted octanol–water partition coefficient (Wildman–Crippen LogP) is 3.64. The van der Waals surface area contributed by atoms with E-state index < -0.39 is 11.0 Å². The lowest BCUT2D eigenvalue weighted by Crippen LogP contribution is -2.43. The zero-order chi connectivity index (χ0) is 17.2. The van der Waals surface area contributed by atoms with Crippen LogP contribution < -0.4 is 9.47 Å². The van der Waals surface area contributed by atoms with Gasteiger partial charge in [0.25, 0.3) is 0 Å². The maximum Gasteiger partial charge on any atom is 0.161 e. The second kappa shape index (κ2) is 7.05. The van der Waals surface area contributed by atoms with Gasteiger partial charge >= 0.3 is 0 Å². The molecule has 23 heavy (non-hydrogen) atoms. The average Bonchev–Trinajstić information content (AvgIpc) is 2.52. The van der Waals surface area contributed by atoms with Gasteiger partial charge < -0.3 is 9.47 Å². The number of nitrogens with zero attached hydrogens (tertiary/aromatic N) is 1. The van der Waals surface area contributed by atoms with Crippen molar-refractivity contribution in [3.8, 4) is 11.5 Å². The van der Waals surface area contributed by atoms with E-state index in [0.717, 1.165) is 30.7 Å². The SMILES string of the molecule is C=CC[C@@H]1c2cc(OC)c(OC)cc2CCN1[S@@](=O)C(C)(C)C. The third-order valence-electron chi connectivity index (χ3n) is 4.08. The highest BCUT2D eigenvalue weighted by Gasteiger charge is 2.35. The quantitative estimate of drug-likeness (QED) is 0.770. The van der Waals surface area contributed by atoms with Crippen LogP contribution in [0.4, 0.5) is 0 Å². The molecule has 1 aromatic rings. The fraction of sp³-hybridized carbons (Fsp3) is 0.556. The minimum Gasteiger partial charge on any atom is -0.493 e. The van der Waals surface area contributed by atoms with Crippen molar-refractivity contribution in [2.24, 2.45) is 0 Å². The minimum atomic E-state index is -1.06. The molecule has 1 aliphatic heterocycles. The van der Waals surface area contributed by atoms with Gasteiger partial charge in [0.2, 0.25) is 0 Å². The highest BCUT2D eigenvalue weighted by atomic mass is 32.2. The smallest absolute Gasteiger partial charge is 0.161 e. The number of fused-ring (bicyclic) bond motifs is 1. The van der Waals surface area contributed by atoms with Crippen molar-refractivity contribution < 1.29 is 13.7 Å². The molecule has 0 unspecified atom stereocenters. The molecule has 0 saturated heterocycles. The number of rotatable bonds is 5. The molecule has 1 aliphatic rings. The summed E-state index contributed by atoms with van der Waals surface area (Å²) in [5.41, 5.74) is 2.39. The predicted molar refractivity (Wildman–Crippen MR) is 95.4 cm³/mol. The van der Waals surface area contributed by atoms with Crippen LogP contribution in [0.5, 0.6) is 11.5 Å². The molecule has 1 heterocycles. The van der Waals surface area contributed by atoms with Gasteiger partial charge in [0.05, 0.1) is 25.0 Å². The van der Waals surface area contributed by atoms with Crippen molar-refractivity contribution in [2.75, 3.05) is 20.8 Å². The molecule has 2 atom stereocenters. The molecule has 128 valence electrons. The monoisotopic (exact) mass is 337 g/mol. The van der Waals surface area contributed by atoms with Crippen LogP contribution in [0.2, 0.25) is 0 Å². The highest BCUT2D eigenvalue weighted by Crippen LogP contribution is 2.41. The van der Waals surface area contributed by atoms with Gasteiger partial charge in [-0.15, -0.1) is 6.58 Å². The van der Waals surface area contributed by atoms with Crippen LogP contribution in [-0.4, -0.2) is 34.0 Å². The standard InChI is InChI=1S/C18H27NO3S/c1-7-8-15-14-12-17(22-6)16(21-5)11-13(14)9-10-19(15)23(20)18(2,3)4/h7,11-12,15H,1,8-10H2,2-6H3/t15-,23+/m1/s1. The first-order valence-corrected chi connectivity index (χ1v) is 8.98. The Balaban J connectivity index is 2.49. The lowest BCUT2D eigenvalue weighted by Gasteiger charge is -2.39. The summed E-state index contributed by atoms with van der Waals surface area (Å²) >= 11 is 0. The molecule has 2 rings (SSSR count). The topological polar surface area (TPSA) is 38.8 Å². The van der Waals surface area contributed by atoms with Gasteiger partial charge in [0.1, 0.15) is 11.0 Å². The van der Waals surface area contributed by atoms with E-state index in [1.165, 1.54) is 5.56 Å². The van der Waals surface area contributed by atoms with E-state index >= 15 is 0 Å². The summed E-state index contributed by atoms with van der Waals surface area (Å²) < 4.78 is 25.6. The summed E-state index contributed by atoms with van der Waals surface area (Å²) in [6.07, 6.45) is 3.50. The fourth-order valence-corrected chi connectivity index (χ4v) is 4.35. The Morgan fingerprint density at radius 3 is 2.43 bits per heavy atom. The fourth-order valence-electron chi connectivity index (χ4n) is 2.96. The third kappa shape index (κ3) is 3.61. The van der Waals surface area contributed by atoms with Crippen molar-refractivity contribution in [3.63, 3.8) is 0 Å². The minimum absolute atomic E-state index is 0.0520. The van der Waals surface area contributed by atoms with Crippen molar-refractivity contribution >= 4 is 11.0 Å². The second-order valence-corrected chi connectivity index (χ2v) is 8.89. The second-order valence-electron chi connectivity index (χ2n) is 6.70. The highest BCUT2D eigenvalue weighted by molar-refractivity contribution is 7.84. The summed E-state index contributed by atoms with van der Waals surface area (Å²) in [5.74, 6) is 1.46. The first-order chi connectivity index (χ1) is 10.8. The molecule has 0 fully saturated rings. The van der Waals surface area contributed by atoms with E-state index in [-0.39, 0.29) is 10.8 Å². The van der Waals surface area contributed by atoms with E-state index in [1.807, 2.05) is 39.0 Å². The van der Waals surface area contributed by atoms with Gasteiger partial charge in [-0.1, -0.05) is 6.08 Å². The van der Waals surface area contributed by atoms with E-state index in [9.17, 15) is 4.21 Å². The lowest BCUT2D eigenvalue weighted by molar-refractivity contribution is 0.313. The average molecular weight is 337 g/mol. The molecule has 0 radical (unpaired) electrons. The van der Waals surface area contributed by atoms with E-state index in [2.05, 4.69) is 10.9 Å². The van der Waals surface area contributed by atoms with Crippen LogP contribution in [0.3, 0.4) is 0 Å². The summed E-state index contributed by atoms with van der Waals surface area (Å²) in [5, 5.41) is 0. The van der Waals surface area contributed by atoms with Gasteiger partial charge in [-0.3, -0.25) is 0 Å². The van der Waals surface area contributed by atoms with Crippen LogP contribution in [0.15, 0.2) is 24.8 Å². The number of hydrogen-bond donors (Lipinski definition) is 0. The van der Waals surface area contributed by atoms with Crippen LogP contribution in [0.1, 0.15) is 44.4 Å². The number of hydrogen-bond acceptors (Lipinski definition) is 3. The Morgan fingerprint density at radius 2 is 1.91 bits per heavy atom. The van der Waals surface area contributed by atoms with Crippen molar-refractivity contribution in [1.29, 1.82) is 0 Å². The Labute approximate surface area is 142 Å². The van der Waals surface area contributed by atoms with Crippen molar-refractivity contribution in [3.05, 3.63) is 35.9 Å². The molecule has 0 aromatic heterocycles. The van der Waals surface area contributed by atoms with Crippen molar-refractivity contribution in [1.82, 2.24) is 4.31 Å². The third-order valence-corrected chi connectivity index (χ3v) is 5.99. The number of ether oxygens (including phenoxy) is 2. The summed E-state index contributed by atoms with van der Waals surface area (Å²) in [6.45, 7) is 10.7. The first-order valence-electron chi connectivity index (χ1n) is 7.87. The number of benzene rings is 1. The van der Waals surface area contributed by atoms with Crippen LogP contribution in [0.25, 0.3) is 0 Å². The Morgan fingerprint density at radius 1 is 1.30 bits per heavy atom. The molecule has 0 spiro atoms. The molecular formula is C18H27NO3S. The molecular weight excluding hydrogens is 310 g/mol. The van der Waals surface area contributed by atoms with Gasteiger partial charge in [0, 0.05) is 6.54 Å².